The largest absolute Gasteiger partial charge is 0.342 e. The van der Waals surface area contributed by atoms with Crippen molar-refractivity contribution in [2.45, 2.75) is 12.8 Å². The van der Waals surface area contributed by atoms with Gasteiger partial charge in [0.25, 0.3) is 5.56 Å². The molecule has 0 radical (unpaired) electrons. The molecule has 0 aliphatic carbocycles. The molecule has 3 aromatic heterocycles. The molecule has 3 heterocycles. The predicted octanol–water partition coefficient (Wildman–Crippen LogP) is 3.52. The van der Waals surface area contributed by atoms with Crippen LogP contribution < -0.4 is 10.5 Å². The van der Waals surface area contributed by atoms with E-state index in [0.717, 1.165) is 30.6 Å². The van der Waals surface area contributed by atoms with Gasteiger partial charge in [0.1, 0.15) is 0 Å². The molecule has 1 N–H and O–H groups in total. The van der Waals surface area contributed by atoms with Gasteiger partial charge < -0.3 is 4.90 Å². The van der Waals surface area contributed by atoms with Gasteiger partial charge in [-0.25, -0.2) is 4.98 Å². The maximum absolute atomic E-state index is 12.4. The van der Waals surface area contributed by atoms with E-state index in [2.05, 4.69) is 32.0 Å². The molecule has 0 fully saturated rings. The predicted molar refractivity (Wildman–Crippen MR) is 118 cm³/mol. The molecule has 0 aliphatic heterocycles. The van der Waals surface area contributed by atoms with E-state index in [-0.39, 0.29) is 5.56 Å². The zero-order chi connectivity index (χ0) is 20.6. The highest BCUT2D eigenvalue weighted by Crippen LogP contribution is 2.17. The van der Waals surface area contributed by atoms with Crippen molar-refractivity contribution in [3.05, 3.63) is 107 Å². The van der Waals surface area contributed by atoms with E-state index in [4.69, 9.17) is 4.98 Å². The van der Waals surface area contributed by atoms with Gasteiger partial charge in [-0.1, -0.05) is 36.4 Å². The van der Waals surface area contributed by atoms with Crippen LogP contribution in [0.3, 0.4) is 0 Å². The molecule has 0 atom stereocenters. The number of H-pyrrole nitrogens is 1. The van der Waals surface area contributed by atoms with Gasteiger partial charge in [0.15, 0.2) is 0 Å². The van der Waals surface area contributed by atoms with E-state index < -0.39 is 0 Å². The van der Waals surface area contributed by atoms with Crippen molar-refractivity contribution in [2.75, 3.05) is 18.0 Å². The lowest BCUT2D eigenvalue weighted by Gasteiger charge is -2.23. The van der Waals surface area contributed by atoms with Crippen molar-refractivity contribution in [3.63, 3.8) is 0 Å². The maximum Gasteiger partial charge on any atom is 0.252 e. The van der Waals surface area contributed by atoms with Gasteiger partial charge in [-0.15, -0.1) is 0 Å². The van der Waals surface area contributed by atoms with E-state index >= 15 is 0 Å². The lowest BCUT2D eigenvalue weighted by molar-refractivity contribution is 0.733. The fourth-order valence-corrected chi connectivity index (χ4v) is 3.29. The van der Waals surface area contributed by atoms with Crippen LogP contribution in [-0.2, 0) is 12.8 Å². The van der Waals surface area contributed by atoms with Crippen LogP contribution in [0.4, 0.5) is 5.95 Å². The number of pyridine rings is 2. The van der Waals surface area contributed by atoms with E-state index in [1.165, 1.54) is 11.6 Å². The Kier molecular flexibility index (Phi) is 6.25. The number of nitrogens with zero attached hydrogens (tertiary/aromatic N) is 4. The molecule has 4 aromatic rings. The first-order chi connectivity index (χ1) is 14.8. The normalized spacial score (nSPS) is 10.7. The van der Waals surface area contributed by atoms with Crippen LogP contribution in [0.15, 0.2) is 90.1 Å². The Hall–Kier alpha value is -3.80. The van der Waals surface area contributed by atoms with E-state index in [1.54, 1.807) is 18.6 Å². The molecule has 0 amide bonds. The summed E-state index contributed by atoms with van der Waals surface area (Å²) >= 11 is 0. The zero-order valence-corrected chi connectivity index (χ0v) is 16.6. The summed E-state index contributed by atoms with van der Waals surface area (Å²) in [5.74, 6) is 0.571. The van der Waals surface area contributed by atoms with Crippen molar-refractivity contribution in [3.8, 4) is 11.3 Å². The van der Waals surface area contributed by atoms with Crippen molar-refractivity contribution in [1.82, 2.24) is 19.9 Å². The summed E-state index contributed by atoms with van der Waals surface area (Å²) in [6.07, 6.45) is 6.82. The Labute approximate surface area is 175 Å². The van der Waals surface area contributed by atoms with Crippen LogP contribution >= 0.6 is 0 Å². The first kappa shape index (κ1) is 19.5. The molecular weight excluding hydrogens is 374 g/mol. The van der Waals surface area contributed by atoms with Crippen LogP contribution in [0.1, 0.15) is 11.3 Å². The smallest absolute Gasteiger partial charge is 0.252 e. The van der Waals surface area contributed by atoms with Gasteiger partial charge in [0.05, 0.1) is 5.69 Å². The topological polar surface area (TPSA) is 74.8 Å². The van der Waals surface area contributed by atoms with Gasteiger partial charge in [-0.2, -0.15) is 0 Å². The number of rotatable bonds is 8. The average molecular weight is 397 g/mol. The van der Waals surface area contributed by atoms with Crippen LogP contribution in [0.2, 0.25) is 0 Å². The third-order valence-corrected chi connectivity index (χ3v) is 4.88. The fraction of sp³-hybridized carbons (Fsp3) is 0.167. The lowest BCUT2D eigenvalue weighted by atomic mass is 10.1. The summed E-state index contributed by atoms with van der Waals surface area (Å²) in [6.45, 7) is 1.44. The number of hydrogen-bond acceptors (Lipinski definition) is 5. The molecule has 0 bridgehead atoms. The Morgan fingerprint density at radius 3 is 2.37 bits per heavy atom. The van der Waals surface area contributed by atoms with Crippen molar-refractivity contribution in [2.24, 2.45) is 0 Å². The molecule has 6 nitrogen and oxygen atoms in total. The van der Waals surface area contributed by atoms with E-state index in [9.17, 15) is 4.79 Å². The Bertz CT molecular complexity index is 1070. The highest BCUT2D eigenvalue weighted by Gasteiger charge is 2.13. The number of benzene rings is 1. The minimum absolute atomic E-state index is 0.172. The van der Waals surface area contributed by atoms with Gasteiger partial charge in [0, 0.05) is 55.4 Å². The quantitative estimate of drug-likeness (QED) is 0.492. The zero-order valence-electron chi connectivity index (χ0n) is 16.6. The minimum Gasteiger partial charge on any atom is -0.342 e. The summed E-state index contributed by atoms with van der Waals surface area (Å²) in [5.41, 5.74) is 3.58. The minimum atomic E-state index is -0.172. The molecule has 0 saturated carbocycles. The number of hydrogen-bond donors (Lipinski definition) is 1. The Morgan fingerprint density at radius 1 is 0.833 bits per heavy atom. The van der Waals surface area contributed by atoms with Gasteiger partial charge in [0.2, 0.25) is 5.95 Å². The van der Waals surface area contributed by atoms with Crippen LogP contribution in [0, 0.1) is 0 Å². The first-order valence-corrected chi connectivity index (χ1v) is 9.98. The van der Waals surface area contributed by atoms with Crippen molar-refractivity contribution >= 4 is 5.95 Å². The van der Waals surface area contributed by atoms with Crippen LogP contribution in [0.5, 0.6) is 0 Å². The van der Waals surface area contributed by atoms with Crippen LogP contribution in [0.25, 0.3) is 11.3 Å². The number of aromatic amines is 1. The lowest BCUT2D eigenvalue weighted by Crippen LogP contribution is -2.31. The maximum atomic E-state index is 12.4. The molecule has 6 heteroatoms. The molecule has 150 valence electrons. The molecule has 30 heavy (non-hydrogen) atoms. The number of anilines is 1. The summed E-state index contributed by atoms with van der Waals surface area (Å²) in [7, 11) is 0. The second-order valence-corrected chi connectivity index (χ2v) is 6.98. The monoisotopic (exact) mass is 397 g/mol. The Morgan fingerprint density at radius 2 is 1.60 bits per heavy atom. The fourth-order valence-electron chi connectivity index (χ4n) is 3.29. The first-order valence-electron chi connectivity index (χ1n) is 9.98. The van der Waals surface area contributed by atoms with Gasteiger partial charge in [-0.3, -0.25) is 19.7 Å². The molecule has 1 aromatic carbocycles. The average Bonchev–Trinajstić information content (AvgIpc) is 2.80. The van der Waals surface area contributed by atoms with Crippen molar-refractivity contribution in [1.29, 1.82) is 0 Å². The van der Waals surface area contributed by atoms with Gasteiger partial charge in [-0.05, 0) is 36.2 Å². The summed E-state index contributed by atoms with van der Waals surface area (Å²) < 4.78 is 0. The van der Waals surface area contributed by atoms with Crippen LogP contribution in [-0.4, -0.2) is 33.0 Å². The SMILES string of the molecule is O=c1cc(-c2ccncc2)nc(N(CCc2ccccc2)CCc2ccccn2)[nH]1. The highest BCUT2D eigenvalue weighted by molar-refractivity contribution is 5.59. The molecule has 0 spiro atoms. The van der Waals surface area contributed by atoms with Crippen molar-refractivity contribution < 1.29 is 0 Å². The standard InChI is InChI=1S/C24H23N5O/c30-23-18-22(20-9-14-25-15-10-20)27-24(28-23)29(16-11-19-6-2-1-3-7-19)17-12-21-8-4-5-13-26-21/h1-10,13-15,18H,11-12,16-17H2,(H,27,28,30). The molecule has 4 rings (SSSR count). The molecular formula is C24H23N5O. The molecule has 0 aliphatic rings. The number of nitrogens with one attached hydrogen (secondary N) is 1. The van der Waals surface area contributed by atoms with Gasteiger partial charge >= 0.3 is 0 Å². The Balaban J connectivity index is 1.60. The molecule has 0 unspecified atom stereocenters. The highest BCUT2D eigenvalue weighted by atomic mass is 16.1. The third-order valence-electron chi connectivity index (χ3n) is 4.88. The molecule has 0 saturated heterocycles. The second kappa shape index (κ2) is 9.60. The van der Waals surface area contributed by atoms with E-state index in [0.29, 0.717) is 18.2 Å². The van der Waals surface area contributed by atoms with E-state index in [1.807, 2.05) is 48.5 Å². The summed E-state index contributed by atoms with van der Waals surface area (Å²) in [5, 5.41) is 0. The number of aromatic nitrogens is 4. The second-order valence-electron chi connectivity index (χ2n) is 6.98. The third kappa shape index (κ3) is 5.17. The summed E-state index contributed by atoms with van der Waals surface area (Å²) in [6, 6.07) is 21.5. The summed E-state index contributed by atoms with van der Waals surface area (Å²) in [4.78, 5) is 30.6.